The van der Waals surface area contributed by atoms with Crippen molar-refractivity contribution in [3.8, 4) is 0 Å². The smallest absolute Gasteiger partial charge is 0.225 e. The van der Waals surface area contributed by atoms with Gasteiger partial charge < -0.3 is 5.73 Å². The summed E-state index contributed by atoms with van der Waals surface area (Å²) >= 11 is 0. The highest BCUT2D eigenvalue weighted by Gasteiger charge is 2.23. The molecule has 1 heterocycles. The van der Waals surface area contributed by atoms with Crippen molar-refractivity contribution in [3.63, 3.8) is 0 Å². The molecule has 0 aliphatic heterocycles. The zero-order valence-electron chi connectivity index (χ0n) is 10.2. The Hall–Kier alpha value is -1.42. The first-order valence-corrected chi connectivity index (χ1v) is 6.14. The number of rotatable bonds is 4. The maximum atomic E-state index is 11.7. The lowest BCUT2D eigenvalue weighted by atomic mass is 9.85. The van der Waals surface area contributed by atoms with Gasteiger partial charge in [0.05, 0.1) is 0 Å². The van der Waals surface area contributed by atoms with Crippen molar-refractivity contribution in [1.29, 1.82) is 0 Å². The van der Waals surface area contributed by atoms with Crippen molar-refractivity contribution < 1.29 is 4.79 Å². The molecule has 1 aliphatic rings. The molecule has 0 radical (unpaired) electrons. The maximum absolute atomic E-state index is 11.7. The van der Waals surface area contributed by atoms with Gasteiger partial charge in [-0.2, -0.15) is 0 Å². The Kier molecular flexibility index (Phi) is 3.74. The van der Waals surface area contributed by atoms with Crippen molar-refractivity contribution in [3.05, 3.63) is 23.9 Å². The molecule has 2 rings (SSSR count). The largest absolute Gasteiger partial charge is 0.326 e. The summed E-state index contributed by atoms with van der Waals surface area (Å²) in [6.45, 7) is 2.86. The molecule has 2 N–H and O–H groups in total. The summed E-state index contributed by atoms with van der Waals surface area (Å²) < 4.78 is 0. The van der Waals surface area contributed by atoms with E-state index in [-0.39, 0.29) is 5.91 Å². The predicted octanol–water partition coefficient (Wildman–Crippen LogP) is 1.69. The number of hydrogen-bond donors (Lipinski definition) is 1. The van der Waals surface area contributed by atoms with E-state index in [2.05, 4.69) is 4.98 Å². The van der Waals surface area contributed by atoms with Gasteiger partial charge in [-0.05, 0) is 36.5 Å². The van der Waals surface area contributed by atoms with E-state index in [4.69, 9.17) is 5.73 Å². The Balaban J connectivity index is 2.15. The van der Waals surface area contributed by atoms with Gasteiger partial charge in [-0.25, -0.2) is 4.98 Å². The average molecular weight is 233 g/mol. The lowest BCUT2D eigenvalue weighted by Gasteiger charge is -2.31. The topological polar surface area (TPSA) is 59.2 Å². The molecule has 1 aromatic rings. The number of aromatic nitrogens is 1. The van der Waals surface area contributed by atoms with Gasteiger partial charge in [-0.1, -0.05) is 6.42 Å². The molecule has 1 fully saturated rings. The molecular formula is C13H19N3O. The summed E-state index contributed by atoms with van der Waals surface area (Å²) in [6.07, 6.45) is 5.45. The normalized spacial score (nSPS) is 15.4. The predicted molar refractivity (Wildman–Crippen MR) is 67.5 cm³/mol. The molecule has 4 heteroatoms. The third-order valence-corrected chi connectivity index (χ3v) is 3.37. The first kappa shape index (κ1) is 12.0. The molecule has 0 spiro atoms. The van der Waals surface area contributed by atoms with Gasteiger partial charge in [-0.3, -0.25) is 9.69 Å². The van der Waals surface area contributed by atoms with Gasteiger partial charge in [0, 0.05) is 26.2 Å². The lowest BCUT2D eigenvalue weighted by Crippen LogP contribution is -2.36. The summed E-state index contributed by atoms with van der Waals surface area (Å²) in [5.41, 5.74) is 6.61. The molecule has 0 bridgehead atoms. The standard InChI is InChI=1S/C13H19N3O/c1-10(17)16(9-11-3-2-4-11)13-7-12(8-14)5-6-15-13/h5-7,11H,2-4,8-9,14H2,1H3. The van der Waals surface area contributed by atoms with Crippen LogP contribution in [-0.4, -0.2) is 17.4 Å². The highest BCUT2D eigenvalue weighted by molar-refractivity contribution is 5.90. The molecule has 4 nitrogen and oxygen atoms in total. The number of anilines is 1. The minimum atomic E-state index is 0.0542. The summed E-state index contributed by atoms with van der Waals surface area (Å²) in [4.78, 5) is 17.7. The van der Waals surface area contributed by atoms with Crippen molar-refractivity contribution in [1.82, 2.24) is 4.98 Å². The van der Waals surface area contributed by atoms with Crippen LogP contribution in [-0.2, 0) is 11.3 Å². The van der Waals surface area contributed by atoms with E-state index in [1.165, 1.54) is 19.3 Å². The van der Waals surface area contributed by atoms with E-state index in [1.54, 1.807) is 18.0 Å². The van der Waals surface area contributed by atoms with Gasteiger partial charge >= 0.3 is 0 Å². The van der Waals surface area contributed by atoms with Crippen LogP contribution in [0.25, 0.3) is 0 Å². The fourth-order valence-corrected chi connectivity index (χ4v) is 2.05. The van der Waals surface area contributed by atoms with Gasteiger partial charge in [-0.15, -0.1) is 0 Å². The average Bonchev–Trinajstić information content (AvgIpc) is 2.27. The van der Waals surface area contributed by atoms with Gasteiger partial charge in [0.1, 0.15) is 5.82 Å². The number of carbonyl (C=O) groups excluding carboxylic acids is 1. The Morgan fingerprint density at radius 2 is 2.35 bits per heavy atom. The van der Waals surface area contributed by atoms with Crippen LogP contribution in [0.3, 0.4) is 0 Å². The summed E-state index contributed by atoms with van der Waals surface area (Å²) in [5.74, 6) is 1.42. The molecule has 1 amide bonds. The van der Waals surface area contributed by atoms with Crippen molar-refractivity contribution in [2.24, 2.45) is 11.7 Å². The summed E-state index contributed by atoms with van der Waals surface area (Å²) in [6, 6.07) is 3.78. The number of nitrogens with zero attached hydrogens (tertiary/aromatic N) is 2. The molecule has 17 heavy (non-hydrogen) atoms. The maximum Gasteiger partial charge on any atom is 0.225 e. The highest BCUT2D eigenvalue weighted by Crippen LogP contribution is 2.28. The minimum Gasteiger partial charge on any atom is -0.326 e. The fourth-order valence-electron chi connectivity index (χ4n) is 2.05. The van der Waals surface area contributed by atoms with Gasteiger partial charge in [0.2, 0.25) is 5.91 Å². The second kappa shape index (κ2) is 5.27. The second-order valence-electron chi connectivity index (χ2n) is 4.65. The van der Waals surface area contributed by atoms with Crippen LogP contribution in [0.1, 0.15) is 31.7 Å². The zero-order valence-corrected chi connectivity index (χ0v) is 10.2. The monoisotopic (exact) mass is 233 g/mol. The number of hydrogen-bond acceptors (Lipinski definition) is 3. The Labute approximate surface area is 102 Å². The molecule has 92 valence electrons. The Morgan fingerprint density at radius 3 is 2.88 bits per heavy atom. The number of carbonyl (C=O) groups is 1. The molecule has 1 saturated carbocycles. The van der Waals surface area contributed by atoms with E-state index >= 15 is 0 Å². The first-order valence-electron chi connectivity index (χ1n) is 6.14. The lowest BCUT2D eigenvalue weighted by molar-refractivity contribution is -0.116. The van der Waals surface area contributed by atoms with Crippen molar-refractivity contribution in [2.45, 2.75) is 32.7 Å². The number of amides is 1. The quantitative estimate of drug-likeness (QED) is 0.861. The zero-order chi connectivity index (χ0) is 12.3. The third-order valence-electron chi connectivity index (χ3n) is 3.37. The molecular weight excluding hydrogens is 214 g/mol. The second-order valence-corrected chi connectivity index (χ2v) is 4.65. The first-order chi connectivity index (χ1) is 8.20. The van der Waals surface area contributed by atoms with Crippen LogP contribution in [0.5, 0.6) is 0 Å². The van der Waals surface area contributed by atoms with Crippen molar-refractivity contribution in [2.75, 3.05) is 11.4 Å². The van der Waals surface area contributed by atoms with E-state index in [1.807, 2.05) is 12.1 Å². The van der Waals surface area contributed by atoms with Crippen LogP contribution in [0.4, 0.5) is 5.82 Å². The molecule has 0 unspecified atom stereocenters. The van der Waals surface area contributed by atoms with Crippen LogP contribution in [0.15, 0.2) is 18.3 Å². The molecule has 1 aliphatic carbocycles. The molecule has 1 aromatic heterocycles. The van der Waals surface area contributed by atoms with E-state index in [9.17, 15) is 4.79 Å². The summed E-state index contributed by atoms with van der Waals surface area (Å²) in [5, 5.41) is 0. The van der Waals surface area contributed by atoms with Crippen LogP contribution < -0.4 is 10.6 Å². The molecule has 0 saturated heterocycles. The van der Waals surface area contributed by atoms with Gasteiger partial charge in [0.25, 0.3) is 0 Å². The van der Waals surface area contributed by atoms with E-state index < -0.39 is 0 Å². The molecule has 0 atom stereocenters. The number of nitrogens with two attached hydrogens (primary N) is 1. The molecule has 0 aromatic carbocycles. The minimum absolute atomic E-state index is 0.0542. The fraction of sp³-hybridized carbons (Fsp3) is 0.538. The van der Waals surface area contributed by atoms with E-state index in [0.717, 1.165) is 17.9 Å². The van der Waals surface area contributed by atoms with Crippen LogP contribution in [0, 0.1) is 5.92 Å². The third kappa shape index (κ3) is 2.82. The van der Waals surface area contributed by atoms with Crippen molar-refractivity contribution >= 4 is 11.7 Å². The van der Waals surface area contributed by atoms with E-state index in [0.29, 0.717) is 12.5 Å². The SMILES string of the molecule is CC(=O)N(CC1CCC1)c1cc(CN)ccn1. The summed E-state index contributed by atoms with van der Waals surface area (Å²) in [7, 11) is 0. The Morgan fingerprint density at radius 1 is 1.59 bits per heavy atom. The Bertz CT molecular complexity index is 401. The van der Waals surface area contributed by atoms with Gasteiger partial charge in [0.15, 0.2) is 0 Å². The number of pyridine rings is 1. The van der Waals surface area contributed by atoms with Crippen LogP contribution in [0.2, 0.25) is 0 Å². The van der Waals surface area contributed by atoms with Crippen LogP contribution >= 0.6 is 0 Å². The highest BCUT2D eigenvalue weighted by atomic mass is 16.2.